The quantitative estimate of drug-likeness (QED) is 0.820. The molecule has 0 spiro atoms. The van der Waals surface area contributed by atoms with Gasteiger partial charge in [-0.25, -0.2) is 9.36 Å². The lowest BCUT2D eigenvalue weighted by Crippen LogP contribution is -2.40. The third kappa shape index (κ3) is 1.61. The monoisotopic (exact) mass is 252 g/mol. The Bertz CT molecular complexity index is 793. The standard InChI is InChI=1S/C14H12N4O/c15-9-11-12-7-4-8-17(12)14(19)18(13(11)16)10-5-2-1-3-6-10/h1-3,5-6,16H,4,7-8H2. The van der Waals surface area contributed by atoms with Crippen LogP contribution in [0.25, 0.3) is 5.69 Å². The van der Waals surface area contributed by atoms with E-state index >= 15 is 0 Å². The molecule has 0 aliphatic carbocycles. The highest BCUT2D eigenvalue weighted by Crippen LogP contribution is 2.14. The zero-order valence-electron chi connectivity index (χ0n) is 10.3. The molecule has 5 nitrogen and oxygen atoms in total. The molecule has 0 amide bonds. The van der Waals surface area contributed by atoms with E-state index in [1.165, 1.54) is 4.57 Å². The van der Waals surface area contributed by atoms with Crippen LogP contribution in [0.1, 0.15) is 17.7 Å². The van der Waals surface area contributed by atoms with Gasteiger partial charge in [0.2, 0.25) is 0 Å². The average molecular weight is 252 g/mol. The van der Waals surface area contributed by atoms with E-state index in [0.29, 0.717) is 29.9 Å². The Balaban J connectivity index is 2.43. The average Bonchev–Trinajstić information content (AvgIpc) is 2.90. The van der Waals surface area contributed by atoms with Crippen LogP contribution < -0.4 is 11.2 Å². The number of fused-ring (bicyclic) bond motifs is 1. The number of hydrogen-bond donors (Lipinski definition) is 1. The molecular weight excluding hydrogens is 240 g/mol. The van der Waals surface area contributed by atoms with Crippen LogP contribution in [0.4, 0.5) is 0 Å². The maximum absolute atomic E-state index is 12.4. The van der Waals surface area contributed by atoms with Gasteiger partial charge in [-0.3, -0.25) is 9.98 Å². The highest BCUT2D eigenvalue weighted by molar-refractivity contribution is 5.37. The molecule has 0 radical (unpaired) electrons. The Hall–Kier alpha value is -2.61. The molecule has 0 bridgehead atoms. The van der Waals surface area contributed by atoms with E-state index in [2.05, 4.69) is 6.07 Å². The molecule has 0 unspecified atom stereocenters. The first-order chi connectivity index (χ1) is 9.24. The fourth-order valence-corrected chi connectivity index (χ4v) is 2.54. The molecule has 1 aliphatic heterocycles. The molecule has 1 aliphatic rings. The van der Waals surface area contributed by atoms with Crippen molar-refractivity contribution in [1.29, 1.82) is 10.7 Å². The maximum Gasteiger partial charge on any atom is 0.334 e. The van der Waals surface area contributed by atoms with Crippen molar-refractivity contribution in [3.63, 3.8) is 0 Å². The third-order valence-corrected chi connectivity index (χ3v) is 3.42. The molecule has 0 saturated heterocycles. The van der Waals surface area contributed by atoms with Crippen LogP contribution in [0.5, 0.6) is 0 Å². The predicted molar refractivity (Wildman–Crippen MR) is 68.9 cm³/mol. The number of nitriles is 1. The van der Waals surface area contributed by atoms with Crippen molar-refractivity contribution in [2.45, 2.75) is 19.4 Å². The van der Waals surface area contributed by atoms with Crippen molar-refractivity contribution in [2.75, 3.05) is 0 Å². The normalized spacial score (nSPS) is 13.0. The van der Waals surface area contributed by atoms with Gasteiger partial charge in [-0.15, -0.1) is 0 Å². The largest absolute Gasteiger partial charge is 0.334 e. The number of hydrogen-bond acceptors (Lipinski definition) is 3. The summed E-state index contributed by atoms with van der Waals surface area (Å²) in [5.74, 6) is 0. The fourth-order valence-electron chi connectivity index (χ4n) is 2.54. The first-order valence-electron chi connectivity index (χ1n) is 6.13. The van der Waals surface area contributed by atoms with Crippen LogP contribution in [-0.4, -0.2) is 9.13 Å². The molecule has 1 aromatic carbocycles. The highest BCUT2D eigenvalue weighted by atomic mass is 16.1. The molecule has 0 atom stereocenters. The van der Waals surface area contributed by atoms with E-state index < -0.39 is 0 Å². The molecular formula is C14H12N4O. The molecule has 1 N–H and O–H groups in total. The van der Waals surface area contributed by atoms with Gasteiger partial charge in [-0.1, -0.05) is 18.2 Å². The van der Waals surface area contributed by atoms with Gasteiger partial charge < -0.3 is 0 Å². The molecule has 0 saturated carbocycles. The minimum absolute atomic E-state index is 0.0214. The molecule has 2 heterocycles. The van der Waals surface area contributed by atoms with Crippen molar-refractivity contribution < 1.29 is 0 Å². The molecule has 0 fully saturated rings. The summed E-state index contributed by atoms with van der Waals surface area (Å²) >= 11 is 0. The number of nitrogens with zero attached hydrogens (tertiary/aromatic N) is 3. The number of nitrogens with one attached hydrogen (secondary N) is 1. The molecule has 2 aromatic rings. The smallest absolute Gasteiger partial charge is 0.296 e. The molecule has 19 heavy (non-hydrogen) atoms. The summed E-state index contributed by atoms with van der Waals surface area (Å²) in [6.45, 7) is 0.621. The molecule has 1 aromatic heterocycles. The lowest BCUT2D eigenvalue weighted by atomic mass is 10.2. The second kappa shape index (κ2) is 4.25. The Morgan fingerprint density at radius 3 is 2.68 bits per heavy atom. The van der Waals surface area contributed by atoms with E-state index in [1.807, 2.05) is 18.2 Å². The van der Waals surface area contributed by atoms with Crippen LogP contribution in [0.15, 0.2) is 35.1 Å². The van der Waals surface area contributed by atoms with Gasteiger partial charge in [0.1, 0.15) is 11.6 Å². The molecule has 94 valence electrons. The number of benzene rings is 1. The Labute approximate surface area is 109 Å². The fraction of sp³-hybridized carbons (Fsp3) is 0.214. The minimum atomic E-state index is -0.234. The lowest BCUT2D eigenvalue weighted by molar-refractivity contribution is 0.653. The first-order valence-corrected chi connectivity index (χ1v) is 6.13. The van der Waals surface area contributed by atoms with E-state index in [4.69, 9.17) is 5.41 Å². The van der Waals surface area contributed by atoms with Gasteiger partial charge in [-0.2, -0.15) is 5.26 Å². The summed E-state index contributed by atoms with van der Waals surface area (Å²) in [7, 11) is 0. The molecule has 5 heteroatoms. The SMILES string of the molecule is N#Cc1c2n(c(=O)n(-c3ccccc3)c1=N)CCC2. The zero-order chi connectivity index (χ0) is 13.4. The summed E-state index contributed by atoms with van der Waals surface area (Å²) in [6.07, 6.45) is 1.54. The van der Waals surface area contributed by atoms with Gasteiger partial charge in [0.25, 0.3) is 0 Å². The second-order valence-electron chi connectivity index (χ2n) is 4.49. The number of para-hydroxylation sites is 1. The van der Waals surface area contributed by atoms with E-state index in [0.717, 1.165) is 6.42 Å². The summed E-state index contributed by atoms with van der Waals surface area (Å²) in [5.41, 5.74) is 1.37. The van der Waals surface area contributed by atoms with Gasteiger partial charge in [0, 0.05) is 12.2 Å². The van der Waals surface area contributed by atoms with Gasteiger partial charge >= 0.3 is 5.69 Å². The Kier molecular flexibility index (Phi) is 2.57. The van der Waals surface area contributed by atoms with Crippen LogP contribution >= 0.6 is 0 Å². The van der Waals surface area contributed by atoms with E-state index in [-0.39, 0.29) is 11.2 Å². The summed E-state index contributed by atoms with van der Waals surface area (Å²) in [5, 5.41) is 17.4. The van der Waals surface area contributed by atoms with Crippen molar-refractivity contribution >= 4 is 0 Å². The third-order valence-electron chi connectivity index (χ3n) is 3.42. The van der Waals surface area contributed by atoms with E-state index in [9.17, 15) is 10.1 Å². The van der Waals surface area contributed by atoms with Crippen LogP contribution in [0.2, 0.25) is 0 Å². The summed E-state index contributed by atoms with van der Waals surface area (Å²) < 4.78 is 2.91. The van der Waals surface area contributed by atoms with Gasteiger partial charge in [0.05, 0.1) is 5.69 Å². The van der Waals surface area contributed by atoms with Crippen molar-refractivity contribution in [3.8, 4) is 11.8 Å². The Morgan fingerprint density at radius 2 is 2.00 bits per heavy atom. The van der Waals surface area contributed by atoms with Crippen molar-refractivity contribution in [2.24, 2.45) is 0 Å². The number of aromatic nitrogens is 2. The van der Waals surface area contributed by atoms with Crippen molar-refractivity contribution in [1.82, 2.24) is 9.13 Å². The zero-order valence-corrected chi connectivity index (χ0v) is 10.3. The Morgan fingerprint density at radius 1 is 1.26 bits per heavy atom. The van der Waals surface area contributed by atoms with Gasteiger partial charge in [0.15, 0.2) is 5.49 Å². The summed E-state index contributed by atoms with van der Waals surface area (Å²) in [6, 6.07) is 11.1. The predicted octanol–water partition coefficient (Wildman–Crippen LogP) is 0.936. The van der Waals surface area contributed by atoms with Crippen LogP contribution in [-0.2, 0) is 13.0 Å². The molecule has 3 rings (SSSR count). The second-order valence-corrected chi connectivity index (χ2v) is 4.49. The van der Waals surface area contributed by atoms with E-state index in [1.54, 1.807) is 16.7 Å². The van der Waals surface area contributed by atoms with Crippen molar-refractivity contribution in [3.05, 3.63) is 57.6 Å². The van der Waals surface area contributed by atoms with Crippen LogP contribution in [0.3, 0.4) is 0 Å². The first kappa shape index (κ1) is 11.5. The topological polar surface area (TPSA) is 74.6 Å². The maximum atomic E-state index is 12.4. The summed E-state index contributed by atoms with van der Waals surface area (Å²) in [4.78, 5) is 12.4. The van der Waals surface area contributed by atoms with Crippen LogP contribution in [0, 0.1) is 16.7 Å². The lowest BCUT2D eigenvalue weighted by Gasteiger charge is -2.12. The van der Waals surface area contributed by atoms with Gasteiger partial charge in [-0.05, 0) is 25.0 Å². The number of rotatable bonds is 1. The highest BCUT2D eigenvalue weighted by Gasteiger charge is 2.21. The minimum Gasteiger partial charge on any atom is -0.296 e.